The molecule has 0 saturated carbocycles. The quantitative estimate of drug-likeness (QED) is 0.631. The molecule has 0 bridgehead atoms. The van der Waals surface area contributed by atoms with Crippen molar-refractivity contribution >= 4 is 12.4 Å². The summed E-state index contributed by atoms with van der Waals surface area (Å²) in [5.74, 6) is -0.997. The molecule has 74 valence electrons. The average molecular weight is 195 g/mol. The van der Waals surface area contributed by atoms with Gasteiger partial charge in [0.05, 0.1) is 18.2 Å². The molecule has 6 heteroatoms. The molecule has 0 fully saturated rings. The first-order valence-corrected chi connectivity index (χ1v) is 3.91. The van der Waals surface area contributed by atoms with Crippen LogP contribution in [0.25, 0.3) is 0 Å². The van der Waals surface area contributed by atoms with E-state index >= 15 is 0 Å². The predicted molar refractivity (Wildman–Crippen MR) is 46.2 cm³/mol. The Morgan fingerprint density at radius 2 is 2.50 bits per heavy atom. The number of nitrogens with one attached hydrogen (secondary N) is 1. The third-order valence-electron chi connectivity index (χ3n) is 1.61. The van der Waals surface area contributed by atoms with E-state index in [1.165, 1.54) is 12.5 Å². The number of aliphatic carboxylic acids is 1. The Morgan fingerprint density at radius 3 is 3.00 bits per heavy atom. The second kappa shape index (κ2) is 4.90. The minimum absolute atomic E-state index is 0.199. The van der Waals surface area contributed by atoms with Crippen molar-refractivity contribution < 1.29 is 14.7 Å². The molecule has 0 radical (unpaired) electrons. The number of aromatic nitrogens is 2. The standard InChI is InChI=1S/C8H9N3O3/c12-5-11-7(3-8(13)14)6-1-2-9-4-10-6/h1-2,4-5,7H,3H2,(H,11,12)(H,13,14)/t7-/m1/s1. The molecular weight excluding hydrogens is 186 g/mol. The number of hydrogen-bond donors (Lipinski definition) is 2. The topological polar surface area (TPSA) is 92.2 Å². The zero-order valence-corrected chi connectivity index (χ0v) is 7.25. The minimum atomic E-state index is -0.997. The van der Waals surface area contributed by atoms with Gasteiger partial charge in [-0.25, -0.2) is 9.97 Å². The zero-order chi connectivity index (χ0) is 10.4. The Labute approximate surface area is 80.0 Å². The van der Waals surface area contributed by atoms with Gasteiger partial charge in [0.15, 0.2) is 0 Å². The molecule has 2 N–H and O–H groups in total. The van der Waals surface area contributed by atoms with Gasteiger partial charge in [-0.3, -0.25) is 9.59 Å². The van der Waals surface area contributed by atoms with Gasteiger partial charge in [-0.2, -0.15) is 0 Å². The van der Waals surface area contributed by atoms with E-state index < -0.39 is 12.0 Å². The van der Waals surface area contributed by atoms with Crippen molar-refractivity contribution in [2.45, 2.75) is 12.5 Å². The van der Waals surface area contributed by atoms with Crippen LogP contribution in [0.1, 0.15) is 18.2 Å². The molecule has 0 saturated heterocycles. The van der Waals surface area contributed by atoms with E-state index in [9.17, 15) is 9.59 Å². The van der Waals surface area contributed by atoms with Crippen LogP contribution in [-0.4, -0.2) is 27.5 Å². The predicted octanol–water partition coefficient (Wildman–Crippen LogP) is -0.262. The lowest BCUT2D eigenvalue weighted by molar-refractivity contribution is -0.137. The summed E-state index contributed by atoms with van der Waals surface area (Å²) in [6, 6.07) is 0.956. The fourth-order valence-corrected chi connectivity index (χ4v) is 1.01. The molecular formula is C8H9N3O3. The van der Waals surface area contributed by atoms with Crippen molar-refractivity contribution in [2.24, 2.45) is 0 Å². The van der Waals surface area contributed by atoms with Crippen LogP contribution in [0, 0.1) is 0 Å². The molecule has 0 aliphatic carbocycles. The molecule has 0 aliphatic heterocycles. The van der Waals surface area contributed by atoms with Crippen LogP contribution in [0.4, 0.5) is 0 Å². The van der Waals surface area contributed by atoms with E-state index in [0.29, 0.717) is 12.1 Å². The fraction of sp³-hybridized carbons (Fsp3) is 0.250. The average Bonchev–Trinajstić information content (AvgIpc) is 2.18. The Bertz CT molecular complexity index is 315. The van der Waals surface area contributed by atoms with E-state index in [0.717, 1.165) is 0 Å². The summed E-state index contributed by atoms with van der Waals surface area (Å²) in [5.41, 5.74) is 0.481. The van der Waals surface area contributed by atoms with Crippen molar-refractivity contribution in [1.82, 2.24) is 15.3 Å². The van der Waals surface area contributed by atoms with Gasteiger partial charge in [-0.15, -0.1) is 0 Å². The highest BCUT2D eigenvalue weighted by Crippen LogP contribution is 2.11. The van der Waals surface area contributed by atoms with E-state index in [1.807, 2.05) is 0 Å². The monoisotopic (exact) mass is 195 g/mol. The third-order valence-corrected chi connectivity index (χ3v) is 1.61. The lowest BCUT2D eigenvalue weighted by Gasteiger charge is -2.11. The Kier molecular flexibility index (Phi) is 3.54. The Balaban J connectivity index is 2.77. The molecule has 0 spiro atoms. The molecule has 0 unspecified atom stereocenters. The number of carbonyl (C=O) groups is 2. The first-order valence-electron chi connectivity index (χ1n) is 3.91. The molecule has 6 nitrogen and oxygen atoms in total. The number of carboxylic acids is 1. The van der Waals surface area contributed by atoms with Crippen LogP contribution >= 0.6 is 0 Å². The maximum Gasteiger partial charge on any atom is 0.305 e. The normalized spacial score (nSPS) is 11.7. The second-order valence-electron chi connectivity index (χ2n) is 2.57. The second-order valence-corrected chi connectivity index (χ2v) is 2.57. The van der Waals surface area contributed by atoms with Gasteiger partial charge in [0, 0.05) is 6.20 Å². The number of rotatable bonds is 5. The largest absolute Gasteiger partial charge is 0.481 e. The van der Waals surface area contributed by atoms with E-state index in [-0.39, 0.29) is 6.42 Å². The van der Waals surface area contributed by atoms with Crippen molar-refractivity contribution in [1.29, 1.82) is 0 Å². The fourth-order valence-electron chi connectivity index (χ4n) is 1.01. The molecule has 1 heterocycles. The zero-order valence-electron chi connectivity index (χ0n) is 7.25. The number of amides is 1. The lowest BCUT2D eigenvalue weighted by atomic mass is 10.1. The van der Waals surface area contributed by atoms with Gasteiger partial charge in [0.25, 0.3) is 0 Å². The Morgan fingerprint density at radius 1 is 1.71 bits per heavy atom. The van der Waals surface area contributed by atoms with Crippen LogP contribution in [0.3, 0.4) is 0 Å². The van der Waals surface area contributed by atoms with Crippen molar-refractivity contribution in [3.63, 3.8) is 0 Å². The summed E-state index contributed by atoms with van der Waals surface area (Å²) in [4.78, 5) is 28.2. The van der Waals surface area contributed by atoms with E-state index in [2.05, 4.69) is 15.3 Å². The highest BCUT2D eigenvalue weighted by Gasteiger charge is 2.15. The van der Waals surface area contributed by atoms with E-state index in [4.69, 9.17) is 5.11 Å². The van der Waals surface area contributed by atoms with Gasteiger partial charge in [0.2, 0.25) is 6.41 Å². The summed E-state index contributed by atoms with van der Waals surface area (Å²) < 4.78 is 0. The van der Waals surface area contributed by atoms with Crippen LogP contribution < -0.4 is 5.32 Å². The maximum atomic E-state index is 10.5. The summed E-state index contributed by atoms with van der Waals surface area (Å²) in [5, 5.41) is 11.0. The highest BCUT2D eigenvalue weighted by atomic mass is 16.4. The van der Waals surface area contributed by atoms with Gasteiger partial charge in [-0.05, 0) is 6.07 Å². The Hall–Kier alpha value is -1.98. The molecule has 1 aromatic heterocycles. The molecule has 1 atom stereocenters. The van der Waals surface area contributed by atoms with Gasteiger partial charge < -0.3 is 10.4 Å². The van der Waals surface area contributed by atoms with Crippen molar-refractivity contribution in [3.05, 3.63) is 24.3 Å². The summed E-state index contributed by atoms with van der Waals surface area (Å²) in [6.45, 7) is 0. The van der Waals surface area contributed by atoms with Gasteiger partial charge in [-0.1, -0.05) is 0 Å². The number of nitrogens with zero attached hydrogens (tertiary/aromatic N) is 2. The first kappa shape index (κ1) is 10.1. The molecule has 14 heavy (non-hydrogen) atoms. The first-order chi connectivity index (χ1) is 6.74. The van der Waals surface area contributed by atoms with Crippen LogP contribution in [0.5, 0.6) is 0 Å². The molecule has 1 aromatic rings. The third kappa shape index (κ3) is 2.81. The smallest absolute Gasteiger partial charge is 0.305 e. The lowest BCUT2D eigenvalue weighted by Crippen LogP contribution is -2.23. The summed E-state index contributed by atoms with van der Waals surface area (Å²) in [7, 11) is 0. The molecule has 1 amide bonds. The highest BCUT2D eigenvalue weighted by molar-refractivity contribution is 5.68. The molecule has 1 rings (SSSR count). The summed E-state index contributed by atoms with van der Waals surface area (Å²) in [6.07, 6.45) is 3.05. The van der Waals surface area contributed by atoms with Crippen molar-refractivity contribution in [3.8, 4) is 0 Å². The number of hydrogen-bond acceptors (Lipinski definition) is 4. The van der Waals surface area contributed by atoms with E-state index in [1.54, 1.807) is 6.07 Å². The SMILES string of the molecule is O=CN[C@H](CC(=O)O)c1ccncn1. The van der Waals surface area contributed by atoms with Crippen LogP contribution in [0.2, 0.25) is 0 Å². The molecule has 0 aromatic carbocycles. The van der Waals surface area contributed by atoms with Gasteiger partial charge in [0.1, 0.15) is 6.33 Å². The van der Waals surface area contributed by atoms with Crippen LogP contribution in [-0.2, 0) is 9.59 Å². The van der Waals surface area contributed by atoms with Gasteiger partial charge >= 0.3 is 5.97 Å². The van der Waals surface area contributed by atoms with Crippen molar-refractivity contribution in [2.75, 3.05) is 0 Å². The van der Waals surface area contributed by atoms with Crippen LogP contribution in [0.15, 0.2) is 18.6 Å². The minimum Gasteiger partial charge on any atom is -0.481 e. The number of carbonyl (C=O) groups excluding carboxylic acids is 1. The summed E-state index contributed by atoms with van der Waals surface area (Å²) >= 11 is 0. The number of carboxylic acid groups (broad SMARTS) is 1. The molecule has 0 aliphatic rings. The maximum absolute atomic E-state index is 10.5.